The molecule has 168 valence electrons. The number of allylic oxidation sites excluding steroid dienone is 4. The van der Waals surface area contributed by atoms with Crippen LogP contribution >= 0.6 is 15.9 Å². The van der Waals surface area contributed by atoms with E-state index in [1.165, 1.54) is 18.7 Å². The number of esters is 1. The Kier molecular flexibility index (Phi) is 9.26. The molecule has 0 saturated heterocycles. The van der Waals surface area contributed by atoms with Crippen molar-refractivity contribution in [1.29, 1.82) is 0 Å². The third-order valence-corrected chi connectivity index (χ3v) is 6.58. The molecule has 0 bridgehead atoms. The number of rotatable bonds is 7. The zero-order valence-electron chi connectivity index (χ0n) is 19.2. The lowest BCUT2D eigenvalue weighted by Crippen LogP contribution is -2.37. The Morgan fingerprint density at radius 3 is 2.61 bits per heavy atom. The van der Waals surface area contributed by atoms with Crippen molar-refractivity contribution < 1.29 is 13.9 Å². The summed E-state index contributed by atoms with van der Waals surface area (Å²) in [5.41, 5.74) is 5.03. The van der Waals surface area contributed by atoms with Crippen molar-refractivity contribution in [3.63, 3.8) is 0 Å². The van der Waals surface area contributed by atoms with E-state index in [-0.39, 0.29) is 17.4 Å². The predicted molar refractivity (Wildman–Crippen MR) is 130 cm³/mol. The first-order valence-corrected chi connectivity index (χ1v) is 11.2. The molecule has 0 saturated carbocycles. The SMILES string of the molecule is CN\C=C/C(Br)=C(C)/C=C(\C)C(C)N1CC=C(c2c(C)cc(C(=O)OC)cc2F)CC1. The Labute approximate surface area is 193 Å². The highest BCUT2D eigenvalue weighted by Gasteiger charge is 2.22. The van der Waals surface area contributed by atoms with Gasteiger partial charge in [-0.25, -0.2) is 9.18 Å². The summed E-state index contributed by atoms with van der Waals surface area (Å²) >= 11 is 3.60. The second-order valence-electron chi connectivity index (χ2n) is 7.83. The Bertz CT molecular complexity index is 924. The molecule has 1 N–H and O–H groups in total. The van der Waals surface area contributed by atoms with E-state index in [0.717, 1.165) is 40.7 Å². The number of nitrogens with one attached hydrogen (secondary N) is 1. The molecule has 1 aliphatic heterocycles. The molecule has 0 aliphatic carbocycles. The van der Waals surface area contributed by atoms with Crippen LogP contribution in [0.3, 0.4) is 0 Å². The smallest absolute Gasteiger partial charge is 0.337 e. The van der Waals surface area contributed by atoms with E-state index in [9.17, 15) is 9.18 Å². The topological polar surface area (TPSA) is 41.6 Å². The van der Waals surface area contributed by atoms with E-state index in [1.54, 1.807) is 6.07 Å². The van der Waals surface area contributed by atoms with Gasteiger partial charge in [0, 0.05) is 36.2 Å². The molecule has 1 aliphatic rings. The van der Waals surface area contributed by atoms with Crippen molar-refractivity contribution in [2.24, 2.45) is 0 Å². The fraction of sp³-hybridized carbons (Fsp3) is 0.400. The van der Waals surface area contributed by atoms with Gasteiger partial charge < -0.3 is 10.1 Å². The van der Waals surface area contributed by atoms with Gasteiger partial charge in [0.05, 0.1) is 12.7 Å². The number of ether oxygens (including phenoxy) is 1. The van der Waals surface area contributed by atoms with Gasteiger partial charge in [0.25, 0.3) is 0 Å². The molecule has 0 spiro atoms. The summed E-state index contributed by atoms with van der Waals surface area (Å²) in [6.07, 6.45) is 8.93. The number of aryl methyl sites for hydroxylation is 1. The van der Waals surface area contributed by atoms with Crippen molar-refractivity contribution in [2.45, 2.75) is 40.2 Å². The number of carbonyl (C=O) groups excluding carboxylic acids is 1. The second kappa shape index (κ2) is 11.4. The molecule has 1 aromatic rings. The van der Waals surface area contributed by atoms with Crippen molar-refractivity contribution in [3.05, 3.63) is 74.7 Å². The average Bonchev–Trinajstić information content (AvgIpc) is 2.76. The Balaban J connectivity index is 2.17. The summed E-state index contributed by atoms with van der Waals surface area (Å²) in [4.78, 5) is 14.1. The summed E-state index contributed by atoms with van der Waals surface area (Å²) in [7, 11) is 3.17. The fourth-order valence-corrected chi connectivity index (χ4v) is 4.00. The van der Waals surface area contributed by atoms with E-state index < -0.39 is 5.97 Å². The minimum Gasteiger partial charge on any atom is -0.465 e. The molecule has 0 radical (unpaired) electrons. The lowest BCUT2D eigenvalue weighted by Gasteiger charge is -2.33. The summed E-state index contributed by atoms with van der Waals surface area (Å²) < 4.78 is 20.5. The van der Waals surface area contributed by atoms with Crippen LogP contribution in [0.25, 0.3) is 5.57 Å². The van der Waals surface area contributed by atoms with Crippen LogP contribution in [-0.4, -0.2) is 44.2 Å². The van der Waals surface area contributed by atoms with Crippen molar-refractivity contribution in [1.82, 2.24) is 10.2 Å². The molecule has 1 unspecified atom stereocenters. The maximum Gasteiger partial charge on any atom is 0.337 e. The Morgan fingerprint density at radius 2 is 2.06 bits per heavy atom. The number of hydrogen-bond donors (Lipinski definition) is 1. The summed E-state index contributed by atoms with van der Waals surface area (Å²) in [5, 5.41) is 2.99. The molecular formula is C25H32BrFN2O2. The maximum atomic E-state index is 14.8. The molecule has 1 heterocycles. The van der Waals surface area contributed by atoms with Gasteiger partial charge >= 0.3 is 5.97 Å². The number of methoxy groups -OCH3 is 1. The van der Waals surface area contributed by atoms with Gasteiger partial charge in [0.15, 0.2) is 0 Å². The van der Waals surface area contributed by atoms with E-state index in [1.807, 2.05) is 26.2 Å². The van der Waals surface area contributed by atoms with Crippen molar-refractivity contribution >= 4 is 27.5 Å². The molecule has 0 fully saturated rings. The molecule has 31 heavy (non-hydrogen) atoms. The van der Waals surface area contributed by atoms with Crippen LogP contribution in [0, 0.1) is 12.7 Å². The van der Waals surface area contributed by atoms with Gasteiger partial charge in [-0.15, -0.1) is 0 Å². The quantitative estimate of drug-likeness (QED) is 0.390. The number of halogens is 2. The van der Waals surface area contributed by atoms with Gasteiger partial charge in [-0.3, -0.25) is 4.90 Å². The van der Waals surface area contributed by atoms with Gasteiger partial charge in [-0.1, -0.05) is 33.7 Å². The van der Waals surface area contributed by atoms with Gasteiger partial charge in [0.1, 0.15) is 5.82 Å². The van der Waals surface area contributed by atoms with Crippen LogP contribution in [-0.2, 0) is 4.74 Å². The van der Waals surface area contributed by atoms with Gasteiger partial charge in [0.2, 0.25) is 0 Å². The average molecular weight is 491 g/mol. The minimum atomic E-state index is -0.522. The molecule has 0 amide bonds. The fourth-order valence-electron chi connectivity index (χ4n) is 3.76. The molecule has 2 rings (SSSR count). The molecule has 0 aromatic heterocycles. The zero-order valence-corrected chi connectivity index (χ0v) is 20.8. The standard InChI is InChI=1S/C25H32BrFN2O2/c1-16(13-17(2)22(26)7-10-28-5)19(4)29-11-8-20(9-12-29)24-18(3)14-21(15-23(24)27)25(30)31-6/h7-8,10,13-15,19,28H,9,11-12H2,1-6H3/b10-7-,16-13+,22-17-. The summed E-state index contributed by atoms with van der Waals surface area (Å²) in [5.74, 6) is -0.893. The Hall–Kier alpha value is -2.18. The van der Waals surface area contributed by atoms with E-state index >= 15 is 0 Å². The van der Waals surface area contributed by atoms with Crippen LogP contribution in [0.2, 0.25) is 0 Å². The van der Waals surface area contributed by atoms with Gasteiger partial charge in [-0.05, 0) is 75.2 Å². The van der Waals surface area contributed by atoms with E-state index in [0.29, 0.717) is 5.56 Å². The van der Waals surface area contributed by atoms with Crippen molar-refractivity contribution in [2.75, 3.05) is 27.2 Å². The van der Waals surface area contributed by atoms with E-state index in [2.05, 4.69) is 59.1 Å². The van der Waals surface area contributed by atoms with Crippen LogP contribution < -0.4 is 5.32 Å². The van der Waals surface area contributed by atoms with E-state index in [4.69, 9.17) is 4.74 Å². The molecule has 1 atom stereocenters. The lowest BCUT2D eigenvalue weighted by atomic mass is 9.92. The first-order chi connectivity index (χ1) is 14.7. The molecule has 6 heteroatoms. The maximum absolute atomic E-state index is 14.8. The first kappa shape index (κ1) is 25.1. The van der Waals surface area contributed by atoms with Crippen LogP contribution in [0.15, 0.2) is 52.2 Å². The van der Waals surface area contributed by atoms with Gasteiger partial charge in [-0.2, -0.15) is 0 Å². The number of benzene rings is 1. The third kappa shape index (κ3) is 6.40. The highest BCUT2D eigenvalue weighted by molar-refractivity contribution is 9.11. The second-order valence-corrected chi connectivity index (χ2v) is 8.69. The number of hydrogen-bond acceptors (Lipinski definition) is 4. The highest BCUT2D eigenvalue weighted by Crippen LogP contribution is 2.30. The molecular weight excluding hydrogens is 459 g/mol. The normalized spacial score (nSPS) is 17.3. The molecule has 1 aromatic carbocycles. The zero-order chi connectivity index (χ0) is 23.1. The third-order valence-electron chi connectivity index (χ3n) is 5.69. The van der Waals surface area contributed by atoms with Crippen LogP contribution in [0.1, 0.15) is 48.7 Å². The van der Waals surface area contributed by atoms with Crippen molar-refractivity contribution in [3.8, 4) is 0 Å². The largest absolute Gasteiger partial charge is 0.465 e. The number of carbonyl (C=O) groups is 1. The summed E-state index contributed by atoms with van der Waals surface area (Å²) in [6.45, 7) is 9.86. The first-order valence-electron chi connectivity index (χ1n) is 10.4. The van der Waals surface area contributed by atoms with Crippen LogP contribution in [0.5, 0.6) is 0 Å². The summed E-state index contributed by atoms with van der Waals surface area (Å²) in [6, 6.07) is 3.24. The monoisotopic (exact) mass is 490 g/mol. The minimum absolute atomic E-state index is 0.243. The molecule has 4 nitrogen and oxygen atoms in total. The predicted octanol–water partition coefficient (Wildman–Crippen LogP) is 5.75. The number of nitrogens with zero attached hydrogens (tertiary/aromatic N) is 1. The highest BCUT2D eigenvalue weighted by atomic mass is 79.9. The van der Waals surface area contributed by atoms with Crippen LogP contribution in [0.4, 0.5) is 4.39 Å². The Morgan fingerprint density at radius 1 is 1.35 bits per heavy atom. The lowest BCUT2D eigenvalue weighted by molar-refractivity contribution is 0.0600.